The number of carbonyl (C=O) groups is 2. The summed E-state index contributed by atoms with van der Waals surface area (Å²) >= 11 is 7.73. The van der Waals surface area contributed by atoms with Crippen LogP contribution in [0.1, 0.15) is 36.5 Å². The highest BCUT2D eigenvalue weighted by atomic mass is 35.5. The number of hydrogen-bond acceptors (Lipinski definition) is 3. The van der Waals surface area contributed by atoms with Crippen LogP contribution in [0, 0.1) is 6.92 Å². The third-order valence-corrected chi connectivity index (χ3v) is 6.96. The number of carbonyl (C=O) groups excluding carboxylic acids is 2. The Morgan fingerprint density at radius 1 is 0.943 bits per heavy atom. The molecule has 0 aliphatic heterocycles. The van der Waals surface area contributed by atoms with Crippen LogP contribution < -0.4 is 5.32 Å². The highest BCUT2D eigenvalue weighted by Crippen LogP contribution is 2.22. The normalized spacial score (nSPS) is 11.6. The molecule has 0 radical (unpaired) electrons. The van der Waals surface area contributed by atoms with Gasteiger partial charge in [-0.15, -0.1) is 11.8 Å². The molecule has 4 nitrogen and oxygen atoms in total. The average Bonchev–Trinajstić information content (AvgIpc) is 2.87. The van der Waals surface area contributed by atoms with Crippen LogP contribution in [0.3, 0.4) is 0 Å². The zero-order valence-electron chi connectivity index (χ0n) is 20.4. The molecule has 35 heavy (non-hydrogen) atoms. The zero-order valence-corrected chi connectivity index (χ0v) is 21.9. The van der Waals surface area contributed by atoms with Crippen LogP contribution in [0.15, 0.2) is 83.8 Å². The van der Waals surface area contributed by atoms with Gasteiger partial charge >= 0.3 is 0 Å². The maximum Gasteiger partial charge on any atom is 0.243 e. The zero-order chi connectivity index (χ0) is 25.0. The van der Waals surface area contributed by atoms with Gasteiger partial charge in [0.15, 0.2) is 0 Å². The van der Waals surface area contributed by atoms with Crippen LogP contribution in [-0.4, -0.2) is 35.1 Å². The van der Waals surface area contributed by atoms with Gasteiger partial charge in [0.1, 0.15) is 6.04 Å². The molecule has 0 aliphatic carbocycles. The smallest absolute Gasteiger partial charge is 0.243 e. The summed E-state index contributed by atoms with van der Waals surface area (Å²) < 4.78 is 0. The molecule has 0 aliphatic rings. The van der Waals surface area contributed by atoms with Gasteiger partial charge < -0.3 is 10.2 Å². The van der Waals surface area contributed by atoms with E-state index in [1.165, 1.54) is 5.56 Å². The SMILES string of the molecule is CCCNC(=O)[C@H](Cc1ccccc1)N(Cc1ccc(Cl)cc1)C(=O)CCSc1ccc(C)cc1. The van der Waals surface area contributed by atoms with E-state index in [1.54, 1.807) is 16.7 Å². The molecule has 0 aromatic heterocycles. The van der Waals surface area contributed by atoms with Crippen molar-refractivity contribution >= 4 is 35.2 Å². The second-order valence-electron chi connectivity index (χ2n) is 8.56. The Morgan fingerprint density at radius 3 is 2.29 bits per heavy atom. The average molecular weight is 509 g/mol. The minimum Gasteiger partial charge on any atom is -0.354 e. The van der Waals surface area contributed by atoms with Gasteiger partial charge in [0.2, 0.25) is 11.8 Å². The first-order valence-corrected chi connectivity index (χ1v) is 13.4. The van der Waals surface area contributed by atoms with Crippen LogP contribution in [0.2, 0.25) is 5.02 Å². The van der Waals surface area contributed by atoms with Crippen molar-refractivity contribution in [1.29, 1.82) is 0 Å². The van der Waals surface area contributed by atoms with E-state index in [0.29, 0.717) is 36.7 Å². The third kappa shape index (κ3) is 8.75. The quantitative estimate of drug-likeness (QED) is 0.292. The number of nitrogens with zero attached hydrogens (tertiary/aromatic N) is 1. The molecular formula is C29H33ClN2O2S. The van der Waals surface area contributed by atoms with E-state index in [-0.39, 0.29) is 11.8 Å². The van der Waals surface area contributed by atoms with Crippen LogP contribution >= 0.6 is 23.4 Å². The lowest BCUT2D eigenvalue weighted by Gasteiger charge is -2.31. The molecule has 3 aromatic rings. The van der Waals surface area contributed by atoms with Crippen LogP contribution in [-0.2, 0) is 22.6 Å². The fourth-order valence-electron chi connectivity index (χ4n) is 3.74. The lowest BCUT2D eigenvalue weighted by atomic mass is 10.0. The predicted octanol–water partition coefficient (Wildman–Crippen LogP) is 6.30. The Kier molecular flexibility index (Phi) is 10.7. The summed E-state index contributed by atoms with van der Waals surface area (Å²) in [5, 5.41) is 3.65. The number of nitrogens with one attached hydrogen (secondary N) is 1. The minimum absolute atomic E-state index is 0.0351. The first-order valence-electron chi connectivity index (χ1n) is 12.0. The second-order valence-corrected chi connectivity index (χ2v) is 10.2. The molecule has 6 heteroatoms. The summed E-state index contributed by atoms with van der Waals surface area (Å²) in [5.41, 5.74) is 3.17. The van der Waals surface area contributed by atoms with Gasteiger partial charge in [0, 0.05) is 41.6 Å². The van der Waals surface area contributed by atoms with Crippen molar-refractivity contribution < 1.29 is 9.59 Å². The highest BCUT2D eigenvalue weighted by molar-refractivity contribution is 7.99. The molecule has 184 valence electrons. The van der Waals surface area contributed by atoms with E-state index >= 15 is 0 Å². The number of amides is 2. The monoisotopic (exact) mass is 508 g/mol. The van der Waals surface area contributed by atoms with E-state index in [9.17, 15) is 9.59 Å². The molecular weight excluding hydrogens is 476 g/mol. The van der Waals surface area contributed by atoms with E-state index in [0.717, 1.165) is 22.4 Å². The van der Waals surface area contributed by atoms with E-state index in [4.69, 9.17) is 11.6 Å². The number of aryl methyl sites for hydroxylation is 1. The van der Waals surface area contributed by atoms with Gasteiger partial charge in [-0.1, -0.05) is 78.7 Å². The molecule has 2 amide bonds. The van der Waals surface area contributed by atoms with Crippen molar-refractivity contribution in [3.8, 4) is 0 Å². The summed E-state index contributed by atoms with van der Waals surface area (Å²) in [6, 6.07) is 25.0. The summed E-state index contributed by atoms with van der Waals surface area (Å²) in [6.45, 7) is 5.01. The maximum atomic E-state index is 13.6. The molecule has 0 unspecified atom stereocenters. The minimum atomic E-state index is -0.600. The van der Waals surface area contributed by atoms with Gasteiger partial charge in [-0.3, -0.25) is 9.59 Å². The van der Waals surface area contributed by atoms with Crippen LogP contribution in [0.25, 0.3) is 0 Å². The third-order valence-electron chi connectivity index (χ3n) is 5.69. The topological polar surface area (TPSA) is 49.4 Å². The van der Waals surface area contributed by atoms with Crippen LogP contribution in [0.5, 0.6) is 0 Å². The lowest BCUT2D eigenvalue weighted by Crippen LogP contribution is -2.50. The Balaban J connectivity index is 1.81. The maximum absolute atomic E-state index is 13.6. The van der Waals surface area contributed by atoms with Gasteiger partial charge in [-0.2, -0.15) is 0 Å². The van der Waals surface area contributed by atoms with Crippen molar-refractivity contribution in [3.63, 3.8) is 0 Å². The van der Waals surface area contributed by atoms with Crippen molar-refractivity contribution in [1.82, 2.24) is 10.2 Å². The molecule has 0 spiro atoms. The lowest BCUT2D eigenvalue weighted by molar-refractivity contribution is -0.141. The molecule has 0 bridgehead atoms. The Labute approximate surface area is 218 Å². The summed E-state index contributed by atoms with van der Waals surface area (Å²) in [6.07, 6.45) is 1.64. The molecule has 0 fully saturated rings. The number of rotatable bonds is 12. The van der Waals surface area contributed by atoms with Gasteiger partial charge in [-0.25, -0.2) is 0 Å². The summed E-state index contributed by atoms with van der Waals surface area (Å²) in [7, 11) is 0. The van der Waals surface area contributed by atoms with Crippen molar-refractivity contribution in [2.24, 2.45) is 0 Å². The second kappa shape index (κ2) is 14.0. The molecule has 0 heterocycles. The molecule has 3 aromatic carbocycles. The van der Waals surface area contributed by atoms with E-state index in [1.807, 2.05) is 61.5 Å². The van der Waals surface area contributed by atoms with E-state index in [2.05, 4.69) is 36.5 Å². The predicted molar refractivity (Wildman–Crippen MR) is 146 cm³/mol. The van der Waals surface area contributed by atoms with E-state index < -0.39 is 6.04 Å². The summed E-state index contributed by atoms with van der Waals surface area (Å²) in [5.74, 6) is 0.490. The van der Waals surface area contributed by atoms with Gasteiger partial charge in [-0.05, 0) is 48.7 Å². The first-order chi connectivity index (χ1) is 17.0. The van der Waals surface area contributed by atoms with Crippen molar-refractivity contribution in [2.75, 3.05) is 12.3 Å². The van der Waals surface area contributed by atoms with Crippen molar-refractivity contribution in [2.45, 2.75) is 50.6 Å². The standard InChI is InChI=1S/C29H33ClN2O2S/c1-3-18-31-29(34)27(20-23-7-5-4-6-8-23)32(21-24-11-13-25(30)14-12-24)28(33)17-19-35-26-15-9-22(2)10-16-26/h4-16,27H,3,17-21H2,1-2H3,(H,31,34)/t27-/m0/s1. The van der Waals surface area contributed by atoms with Crippen molar-refractivity contribution in [3.05, 3.63) is 101 Å². The number of thioether (sulfide) groups is 1. The fourth-order valence-corrected chi connectivity index (χ4v) is 4.71. The number of halogens is 1. The van der Waals surface area contributed by atoms with Gasteiger partial charge in [0.05, 0.1) is 0 Å². The number of benzene rings is 3. The van der Waals surface area contributed by atoms with Crippen LogP contribution in [0.4, 0.5) is 0 Å². The molecule has 0 saturated carbocycles. The molecule has 1 atom stereocenters. The first kappa shape index (κ1) is 26.8. The summed E-state index contributed by atoms with van der Waals surface area (Å²) in [4.78, 5) is 29.7. The number of hydrogen-bond donors (Lipinski definition) is 1. The highest BCUT2D eigenvalue weighted by Gasteiger charge is 2.30. The Hall–Kier alpha value is -2.76. The molecule has 3 rings (SSSR count). The molecule has 0 saturated heterocycles. The fraction of sp³-hybridized carbons (Fsp3) is 0.310. The van der Waals surface area contributed by atoms with Gasteiger partial charge in [0.25, 0.3) is 0 Å². The molecule has 1 N–H and O–H groups in total. The largest absolute Gasteiger partial charge is 0.354 e. The Morgan fingerprint density at radius 2 is 1.63 bits per heavy atom. The Bertz CT molecular complexity index is 1070.